The Hall–Kier alpha value is -4.28. The van der Waals surface area contributed by atoms with E-state index in [9.17, 15) is 14.9 Å². The van der Waals surface area contributed by atoms with Crippen LogP contribution in [0.1, 0.15) is 23.7 Å². The van der Waals surface area contributed by atoms with E-state index in [0.717, 1.165) is 5.56 Å². The molecule has 160 valence electrons. The van der Waals surface area contributed by atoms with Gasteiger partial charge in [-0.15, -0.1) is 10.2 Å². The molecular formula is C20H20N6O5. The van der Waals surface area contributed by atoms with E-state index in [1.54, 1.807) is 38.3 Å². The van der Waals surface area contributed by atoms with Crippen molar-refractivity contribution in [2.45, 2.75) is 13.3 Å². The molecule has 31 heavy (non-hydrogen) atoms. The lowest BCUT2D eigenvalue weighted by molar-refractivity contribution is -0.384. The van der Waals surface area contributed by atoms with Crippen molar-refractivity contribution in [3.05, 3.63) is 79.8 Å². The highest BCUT2D eigenvalue weighted by molar-refractivity contribution is 5.99. The van der Waals surface area contributed by atoms with E-state index in [1.807, 2.05) is 6.07 Å². The summed E-state index contributed by atoms with van der Waals surface area (Å²) in [6.07, 6.45) is 0.258. The van der Waals surface area contributed by atoms with Gasteiger partial charge in [-0.1, -0.05) is 6.07 Å². The fraction of sp³-hybridized carbons (Fsp3) is 0.200. The summed E-state index contributed by atoms with van der Waals surface area (Å²) in [6.45, 7) is 1.71. The highest BCUT2D eigenvalue weighted by atomic mass is 16.6. The van der Waals surface area contributed by atoms with Gasteiger partial charge in [0.05, 0.1) is 24.9 Å². The number of H-pyrrole nitrogens is 1. The van der Waals surface area contributed by atoms with Crippen LogP contribution in [0.2, 0.25) is 0 Å². The Balaban J connectivity index is 1.71. The number of nitrogens with one attached hydrogen (secondary N) is 2. The van der Waals surface area contributed by atoms with Crippen molar-refractivity contribution in [2.24, 2.45) is 5.10 Å². The minimum atomic E-state index is -0.474. The van der Waals surface area contributed by atoms with Gasteiger partial charge in [0.2, 0.25) is 5.95 Å². The number of non-ortho nitro benzene ring substituents is 1. The molecule has 3 rings (SSSR count). The largest absolute Gasteiger partial charge is 0.493 e. The van der Waals surface area contributed by atoms with E-state index in [1.165, 1.54) is 19.2 Å². The fourth-order valence-corrected chi connectivity index (χ4v) is 2.74. The van der Waals surface area contributed by atoms with Crippen LogP contribution in [0.3, 0.4) is 0 Å². The van der Waals surface area contributed by atoms with E-state index >= 15 is 0 Å². The molecule has 1 heterocycles. The molecule has 0 fully saturated rings. The number of anilines is 1. The number of rotatable bonds is 8. The first-order valence-electron chi connectivity index (χ1n) is 9.13. The van der Waals surface area contributed by atoms with Gasteiger partial charge in [-0.3, -0.25) is 19.9 Å². The summed E-state index contributed by atoms with van der Waals surface area (Å²) in [5.41, 5.74) is 4.49. The van der Waals surface area contributed by atoms with E-state index in [4.69, 9.17) is 9.47 Å². The Morgan fingerprint density at radius 2 is 1.84 bits per heavy atom. The number of hydrogen-bond acceptors (Lipinski definition) is 9. The summed E-state index contributed by atoms with van der Waals surface area (Å²) in [4.78, 5) is 25.2. The number of hydrazone groups is 1. The van der Waals surface area contributed by atoms with Crippen LogP contribution in [-0.2, 0) is 6.42 Å². The fourth-order valence-electron chi connectivity index (χ4n) is 2.74. The third kappa shape index (κ3) is 5.21. The Labute approximate surface area is 176 Å². The molecule has 0 unspecified atom stereocenters. The molecule has 0 aliphatic heterocycles. The predicted molar refractivity (Wildman–Crippen MR) is 114 cm³/mol. The molecule has 0 amide bonds. The number of benzene rings is 2. The highest BCUT2D eigenvalue weighted by Crippen LogP contribution is 2.28. The van der Waals surface area contributed by atoms with Gasteiger partial charge in [0.15, 0.2) is 11.5 Å². The highest BCUT2D eigenvalue weighted by Gasteiger charge is 2.10. The topological polar surface area (TPSA) is 145 Å². The van der Waals surface area contributed by atoms with Crippen LogP contribution in [0.15, 0.2) is 52.4 Å². The van der Waals surface area contributed by atoms with Gasteiger partial charge >= 0.3 is 0 Å². The van der Waals surface area contributed by atoms with Gasteiger partial charge in [-0.25, -0.2) is 5.43 Å². The zero-order valence-corrected chi connectivity index (χ0v) is 17.1. The molecule has 11 heteroatoms. The quantitative estimate of drug-likeness (QED) is 0.319. The second-order valence-electron chi connectivity index (χ2n) is 6.43. The molecule has 0 saturated carbocycles. The van der Waals surface area contributed by atoms with Crippen LogP contribution in [0.5, 0.6) is 11.5 Å². The zero-order valence-electron chi connectivity index (χ0n) is 17.1. The smallest absolute Gasteiger partial charge is 0.274 e. The summed E-state index contributed by atoms with van der Waals surface area (Å²) >= 11 is 0. The molecular weight excluding hydrogens is 404 g/mol. The van der Waals surface area contributed by atoms with E-state index in [0.29, 0.717) is 22.8 Å². The first kappa shape index (κ1) is 21.4. The summed E-state index contributed by atoms with van der Waals surface area (Å²) in [5, 5.41) is 22.8. The van der Waals surface area contributed by atoms with Gasteiger partial charge in [0, 0.05) is 18.6 Å². The Morgan fingerprint density at radius 1 is 1.13 bits per heavy atom. The Kier molecular flexibility index (Phi) is 6.55. The zero-order chi connectivity index (χ0) is 22.4. The van der Waals surface area contributed by atoms with Crippen LogP contribution >= 0.6 is 0 Å². The van der Waals surface area contributed by atoms with Crippen LogP contribution < -0.4 is 20.5 Å². The third-order valence-corrected chi connectivity index (χ3v) is 4.41. The predicted octanol–water partition coefficient (Wildman–Crippen LogP) is 2.52. The maximum atomic E-state index is 12.4. The lowest BCUT2D eigenvalue weighted by atomic mass is 10.1. The average Bonchev–Trinajstić information content (AvgIpc) is 2.79. The second kappa shape index (κ2) is 9.48. The van der Waals surface area contributed by atoms with Crippen molar-refractivity contribution in [1.29, 1.82) is 0 Å². The number of hydrogen-bond donors (Lipinski definition) is 2. The van der Waals surface area contributed by atoms with E-state index in [-0.39, 0.29) is 23.8 Å². The lowest BCUT2D eigenvalue weighted by Crippen LogP contribution is -2.19. The van der Waals surface area contributed by atoms with Crippen LogP contribution in [0.4, 0.5) is 11.6 Å². The summed E-state index contributed by atoms with van der Waals surface area (Å²) < 4.78 is 10.5. The number of nitro benzene ring substituents is 1. The average molecular weight is 424 g/mol. The summed E-state index contributed by atoms with van der Waals surface area (Å²) in [5.74, 6) is 1.22. The van der Waals surface area contributed by atoms with Crippen LogP contribution in [0, 0.1) is 10.1 Å². The van der Waals surface area contributed by atoms with Crippen molar-refractivity contribution in [1.82, 2.24) is 15.2 Å². The molecule has 0 bridgehead atoms. The molecule has 0 aliphatic rings. The maximum absolute atomic E-state index is 12.4. The number of aromatic amines is 1. The number of nitro groups is 1. The molecule has 1 aromatic heterocycles. The van der Waals surface area contributed by atoms with E-state index < -0.39 is 10.5 Å². The third-order valence-electron chi connectivity index (χ3n) is 4.41. The second-order valence-corrected chi connectivity index (χ2v) is 6.43. The Morgan fingerprint density at radius 3 is 2.45 bits per heavy atom. The molecule has 0 atom stereocenters. The first-order valence-corrected chi connectivity index (χ1v) is 9.13. The van der Waals surface area contributed by atoms with Crippen molar-refractivity contribution < 1.29 is 14.4 Å². The number of nitrogens with zero attached hydrogens (tertiary/aromatic N) is 4. The van der Waals surface area contributed by atoms with Gasteiger partial charge in [0.25, 0.3) is 11.2 Å². The van der Waals surface area contributed by atoms with Crippen molar-refractivity contribution >= 4 is 17.3 Å². The molecule has 11 nitrogen and oxygen atoms in total. The van der Waals surface area contributed by atoms with Crippen LogP contribution in [-0.4, -0.2) is 40.0 Å². The van der Waals surface area contributed by atoms with E-state index in [2.05, 4.69) is 25.7 Å². The van der Waals surface area contributed by atoms with Gasteiger partial charge < -0.3 is 9.47 Å². The Bertz CT molecular complexity index is 1170. The number of ether oxygens (including phenoxy) is 2. The van der Waals surface area contributed by atoms with Gasteiger partial charge in [-0.05, 0) is 42.3 Å². The summed E-state index contributed by atoms with van der Waals surface area (Å²) in [7, 11) is 3.08. The van der Waals surface area contributed by atoms with Crippen molar-refractivity contribution in [3.63, 3.8) is 0 Å². The van der Waals surface area contributed by atoms with Crippen molar-refractivity contribution in [2.75, 3.05) is 19.6 Å². The number of methoxy groups -OCH3 is 2. The molecule has 0 aliphatic carbocycles. The van der Waals surface area contributed by atoms with Crippen LogP contribution in [0.25, 0.3) is 0 Å². The normalized spacial score (nSPS) is 11.1. The molecule has 2 aromatic carbocycles. The number of aromatic nitrogens is 3. The molecule has 0 radical (unpaired) electrons. The van der Waals surface area contributed by atoms with Gasteiger partial charge in [-0.2, -0.15) is 5.10 Å². The molecule has 0 spiro atoms. The molecule has 0 saturated heterocycles. The maximum Gasteiger partial charge on any atom is 0.274 e. The van der Waals surface area contributed by atoms with Gasteiger partial charge in [0.1, 0.15) is 5.69 Å². The molecule has 2 N–H and O–H groups in total. The van der Waals surface area contributed by atoms with Crippen molar-refractivity contribution in [3.8, 4) is 11.5 Å². The SMILES string of the molecule is COc1ccc(Cc2nnc(NN=C(C)c3ccc([N+](=O)[O-])cc3)[nH]c2=O)cc1OC. The lowest BCUT2D eigenvalue weighted by Gasteiger charge is -2.09. The molecule has 3 aromatic rings. The standard InChI is InChI=1S/C20H20N6O5/c1-12(14-5-7-15(8-6-14)26(28)29)22-24-20-21-19(27)16(23-25-20)10-13-4-9-17(30-2)18(11-13)31-3/h4-9,11H,10H2,1-3H3,(H2,21,24,25,27). The minimum absolute atomic E-state index is 0.00947. The minimum Gasteiger partial charge on any atom is -0.493 e. The monoisotopic (exact) mass is 424 g/mol. The first-order chi connectivity index (χ1) is 14.9. The summed E-state index contributed by atoms with van der Waals surface area (Å²) in [6, 6.07) is 11.3.